The van der Waals surface area contributed by atoms with E-state index in [1.165, 1.54) is 0 Å². The van der Waals surface area contributed by atoms with Crippen molar-refractivity contribution in [2.24, 2.45) is 5.73 Å². The molecular weight excluding hydrogens is 266 g/mol. The smallest absolute Gasteiger partial charge is 0.325 e. The average Bonchev–Trinajstić information content (AvgIpc) is 2.46. The number of nitrogens with zero attached hydrogens (tertiary/aromatic N) is 2. The molecule has 1 rings (SSSR count). The first-order valence-corrected chi connectivity index (χ1v) is 7.50. The maximum atomic E-state index is 11.7. The summed E-state index contributed by atoms with van der Waals surface area (Å²) in [5.41, 5.74) is 6.20. The minimum absolute atomic E-state index is 0.318. The molecule has 0 aliphatic heterocycles. The SMILES string of the molecule is CCOC(=O)C(C)(N)CCCN(C)CCc1ccccn1. The molecular formula is C16H27N3O2. The van der Waals surface area contributed by atoms with E-state index in [0.29, 0.717) is 13.0 Å². The molecule has 5 nitrogen and oxygen atoms in total. The van der Waals surface area contributed by atoms with Crippen LogP contribution < -0.4 is 5.73 Å². The lowest BCUT2D eigenvalue weighted by Gasteiger charge is -2.23. The maximum Gasteiger partial charge on any atom is 0.325 e. The van der Waals surface area contributed by atoms with E-state index in [-0.39, 0.29) is 5.97 Å². The number of carbonyl (C=O) groups is 1. The molecule has 0 aliphatic carbocycles. The normalized spacial score (nSPS) is 14.0. The monoisotopic (exact) mass is 293 g/mol. The summed E-state index contributed by atoms with van der Waals surface area (Å²) in [7, 11) is 2.07. The van der Waals surface area contributed by atoms with Crippen molar-refractivity contribution in [3.05, 3.63) is 30.1 Å². The van der Waals surface area contributed by atoms with Crippen molar-refractivity contribution in [2.75, 3.05) is 26.7 Å². The van der Waals surface area contributed by atoms with Gasteiger partial charge in [0.2, 0.25) is 0 Å². The first kappa shape index (κ1) is 17.6. The summed E-state index contributed by atoms with van der Waals surface area (Å²) in [4.78, 5) is 18.2. The topological polar surface area (TPSA) is 68.5 Å². The second kappa shape index (κ2) is 8.74. The molecule has 0 spiro atoms. The number of pyridine rings is 1. The van der Waals surface area contributed by atoms with Crippen LogP contribution in [0.3, 0.4) is 0 Å². The molecule has 0 amide bonds. The van der Waals surface area contributed by atoms with Gasteiger partial charge in [-0.1, -0.05) is 6.07 Å². The minimum atomic E-state index is -0.891. The van der Waals surface area contributed by atoms with Gasteiger partial charge in [-0.05, 0) is 52.4 Å². The van der Waals surface area contributed by atoms with Gasteiger partial charge in [-0.2, -0.15) is 0 Å². The highest BCUT2D eigenvalue weighted by atomic mass is 16.5. The highest BCUT2D eigenvalue weighted by Crippen LogP contribution is 2.11. The molecule has 1 heterocycles. The van der Waals surface area contributed by atoms with Crippen LogP contribution in [0.25, 0.3) is 0 Å². The molecule has 1 unspecified atom stereocenters. The van der Waals surface area contributed by atoms with E-state index in [1.807, 2.05) is 24.4 Å². The van der Waals surface area contributed by atoms with Crippen LogP contribution in [0.2, 0.25) is 0 Å². The van der Waals surface area contributed by atoms with E-state index < -0.39 is 5.54 Å². The lowest BCUT2D eigenvalue weighted by molar-refractivity contribution is -0.149. The zero-order valence-electron chi connectivity index (χ0n) is 13.3. The van der Waals surface area contributed by atoms with Gasteiger partial charge < -0.3 is 15.4 Å². The van der Waals surface area contributed by atoms with E-state index in [0.717, 1.165) is 31.6 Å². The van der Waals surface area contributed by atoms with Gasteiger partial charge in [0.15, 0.2) is 0 Å². The van der Waals surface area contributed by atoms with Crippen molar-refractivity contribution in [3.8, 4) is 0 Å². The number of rotatable bonds is 9. The van der Waals surface area contributed by atoms with Crippen molar-refractivity contribution in [2.45, 2.75) is 38.6 Å². The third-order valence-electron chi connectivity index (χ3n) is 3.45. The van der Waals surface area contributed by atoms with Crippen LogP contribution in [0.15, 0.2) is 24.4 Å². The van der Waals surface area contributed by atoms with Gasteiger partial charge in [-0.3, -0.25) is 9.78 Å². The van der Waals surface area contributed by atoms with Gasteiger partial charge in [-0.15, -0.1) is 0 Å². The molecule has 118 valence electrons. The Morgan fingerprint density at radius 3 is 2.81 bits per heavy atom. The van der Waals surface area contributed by atoms with Gasteiger partial charge in [0, 0.05) is 24.9 Å². The van der Waals surface area contributed by atoms with Crippen LogP contribution in [0.1, 0.15) is 32.4 Å². The highest BCUT2D eigenvalue weighted by molar-refractivity contribution is 5.79. The average molecular weight is 293 g/mol. The Hall–Kier alpha value is -1.46. The van der Waals surface area contributed by atoms with Crippen LogP contribution in [-0.4, -0.2) is 48.1 Å². The number of aromatic nitrogens is 1. The predicted octanol–water partition coefficient (Wildman–Crippen LogP) is 1.62. The van der Waals surface area contributed by atoms with Crippen molar-refractivity contribution >= 4 is 5.97 Å². The summed E-state index contributed by atoms with van der Waals surface area (Å²) in [5.74, 6) is -0.318. The molecule has 1 aromatic rings. The zero-order chi connectivity index (χ0) is 15.7. The van der Waals surface area contributed by atoms with E-state index >= 15 is 0 Å². The molecule has 0 saturated heterocycles. The minimum Gasteiger partial charge on any atom is -0.465 e. The van der Waals surface area contributed by atoms with E-state index in [9.17, 15) is 4.79 Å². The molecule has 2 N–H and O–H groups in total. The van der Waals surface area contributed by atoms with Crippen LogP contribution >= 0.6 is 0 Å². The van der Waals surface area contributed by atoms with Crippen LogP contribution in [0.5, 0.6) is 0 Å². The summed E-state index contributed by atoms with van der Waals surface area (Å²) >= 11 is 0. The Balaban J connectivity index is 2.24. The van der Waals surface area contributed by atoms with Gasteiger partial charge >= 0.3 is 5.97 Å². The fourth-order valence-corrected chi connectivity index (χ4v) is 2.08. The van der Waals surface area contributed by atoms with E-state index in [1.54, 1.807) is 13.8 Å². The van der Waals surface area contributed by atoms with Gasteiger partial charge in [-0.25, -0.2) is 0 Å². The quantitative estimate of drug-likeness (QED) is 0.701. The fraction of sp³-hybridized carbons (Fsp3) is 0.625. The number of nitrogens with two attached hydrogens (primary N) is 1. The van der Waals surface area contributed by atoms with E-state index in [4.69, 9.17) is 10.5 Å². The van der Waals surface area contributed by atoms with Crippen molar-refractivity contribution < 1.29 is 9.53 Å². The molecule has 0 aliphatic rings. The number of carbonyl (C=O) groups excluding carboxylic acids is 1. The van der Waals surface area contributed by atoms with Gasteiger partial charge in [0.1, 0.15) is 5.54 Å². The van der Waals surface area contributed by atoms with Crippen LogP contribution in [0, 0.1) is 0 Å². The lowest BCUT2D eigenvalue weighted by atomic mass is 9.97. The summed E-state index contributed by atoms with van der Waals surface area (Å²) in [5, 5.41) is 0. The molecule has 0 aromatic carbocycles. The Bertz CT molecular complexity index is 421. The number of hydrogen-bond acceptors (Lipinski definition) is 5. The molecule has 0 saturated carbocycles. The molecule has 0 bridgehead atoms. The number of esters is 1. The first-order valence-electron chi connectivity index (χ1n) is 7.50. The Labute approximate surface area is 127 Å². The Morgan fingerprint density at radius 2 is 2.19 bits per heavy atom. The molecule has 0 fully saturated rings. The molecule has 0 radical (unpaired) electrons. The third kappa shape index (κ3) is 6.69. The van der Waals surface area contributed by atoms with E-state index in [2.05, 4.69) is 16.9 Å². The summed E-state index contributed by atoms with van der Waals surface area (Å²) in [6.45, 7) is 5.74. The predicted molar refractivity (Wildman–Crippen MR) is 83.9 cm³/mol. The summed E-state index contributed by atoms with van der Waals surface area (Å²) in [6, 6.07) is 5.96. The fourth-order valence-electron chi connectivity index (χ4n) is 2.08. The van der Waals surface area contributed by atoms with Crippen molar-refractivity contribution in [3.63, 3.8) is 0 Å². The van der Waals surface area contributed by atoms with Gasteiger partial charge in [0.05, 0.1) is 6.61 Å². The number of hydrogen-bond donors (Lipinski definition) is 1. The maximum absolute atomic E-state index is 11.7. The number of ether oxygens (including phenoxy) is 1. The molecule has 1 aromatic heterocycles. The van der Waals surface area contributed by atoms with Crippen LogP contribution in [0.4, 0.5) is 0 Å². The molecule has 1 atom stereocenters. The van der Waals surface area contributed by atoms with Crippen molar-refractivity contribution in [1.82, 2.24) is 9.88 Å². The molecule has 21 heavy (non-hydrogen) atoms. The largest absolute Gasteiger partial charge is 0.465 e. The Morgan fingerprint density at radius 1 is 1.43 bits per heavy atom. The number of likely N-dealkylation sites (N-methyl/N-ethyl adjacent to an activating group) is 1. The third-order valence-corrected chi connectivity index (χ3v) is 3.45. The second-order valence-corrected chi connectivity index (χ2v) is 5.62. The Kier molecular flexibility index (Phi) is 7.32. The summed E-state index contributed by atoms with van der Waals surface area (Å²) < 4.78 is 4.98. The first-order chi connectivity index (χ1) is 9.95. The van der Waals surface area contributed by atoms with Gasteiger partial charge in [0.25, 0.3) is 0 Å². The van der Waals surface area contributed by atoms with Crippen LogP contribution in [-0.2, 0) is 16.0 Å². The lowest BCUT2D eigenvalue weighted by Crippen LogP contribution is -2.46. The second-order valence-electron chi connectivity index (χ2n) is 5.62. The highest BCUT2D eigenvalue weighted by Gasteiger charge is 2.29. The zero-order valence-corrected chi connectivity index (χ0v) is 13.3. The molecule has 5 heteroatoms. The van der Waals surface area contributed by atoms with Crippen molar-refractivity contribution in [1.29, 1.82) is 0 Å². The standard InChI is InChI=1S/C16H27N3O2/c1-4-21-15(20)16(2,17)10-7-12-19(3)13-9-14-8-5-6-11-18-14/h5-6,8,11H,4,7,9-10,12-13,17H2,1-3H3. The summed E-state index contributed by atoms with van der Waals surface area (Å²) in [6.07, 6.45) is 4.23.